The number of aromatic nitrogens is 2. The molecule has 2 N–H and O–H groups in total. The van der Waals surface area contributed by atoms with Gasteiger partial charge in [0, 0.05) is 45.0 Å². The van der Waals surface area contributed by atoms with Crippen LogP contribution in [0.5, 0.6) is 0 Å². The third kappa shape index (κ3) is 6.09. The molecule has 1 saturated heterocycles. The van der Waals surface area contributed by atoms with Crippen molar-refractivity contribution < 1.29 is 4.79 Å². The normalized spacial score (nSPS) is 21.9. The van der Waals surface area contributed by atoms with E-state index in [-0.39, 0.29) is 5.91 Å². The first kappa shape index (κ1) is 22.8. The summed E-state index contributed by atoms with van der Waals surface area (Å²) in [6, 6.07) is 8.54. The van der Waals surface area contributed by atoms with Crippen LogP contribution in [0.15, 0.2) is 24.3 Å². The van der Waals surface area contributed by atoms with E-state index in [1.165, 1.54) is 19.3 Å². The largest absolute Gasteiger partial charge is 0.362 e. The van der Waals surface area contributed by atoms with Crippen molar-refractivity contribution in [3.8, 4) is 0 Å². The lowest BCUT2D eigenvalue weighted by Crippen LogP contribution is -2.37. The number of likely N-dealkylation sites (tertiary alicyclic amines) is 1. The minimum atomic E-state index is 0.205. The Balaban J connectivity index is 1.21. The first-order chi connectivity index (χ1) is 15.6. The predicted molar refractivity (Wildman–Crippen MR) is 131 cm³/mol. The van der Waals surface area contributed by atoms with Crippen LogP contribution in [0.3, 0.4) is 0 Å². The van der Waals surface area contributed by atoms with Crippen LogP contribution in [0, 0.1) is 5.92 Å². The number of piperidine rings is 1. The monoisotopic (exact) mass is 438 g/mol. The van der Waals surface area contributed by atoms with Gasteiger partial charge in [-0.2, -0.15) is 4.98 Å². The number of fused-ring (bicyclic) bond motifs is 1. The molecule has 2 fully saturated rings. The van der Waals surface area contributed by atoms with E-state index in [1.807, 2.05) is 37.2 Å². The molecule has 0 spiro atoms. The van der Waals surface area contributed by atoms with Gasteiger partial charge >= 0.3 is 0 Å². The third-order valence-corrected chi connectivity index (χ3v) is 6.88. The Kier molecular flexibility index (Phi) is 7.79. The van der Waals surface area contributed by atoms with Crippen LogP contribution in [-0.2, 0) is 4.79 Å². The van der Waals surface area contributed by atoms with Crippen molar-refractivity contribution in [2.24, 2.45) is 5.92 Å². The first-order valence-corrected chi connectivity index (χ1v) is 12.3. The molecule has 174 valence electrons. The Morgan fingerprint density at radius 3 is 2.56 bits per heavy atom. The molecule has 2 aliphatic rings. The maximum absolute atomic E-state index is 12.3. The Hall–Kier alpha value is -2.41. The van der Waals surface area contributed by atoms with Gasteiger partial charge in [0.2, 0.25) is 11.9 Å². The summed E-state index contributed by atoms with van der Waals surface area (Å²) in [6.45, 7) is 4.02. The smallest absolute Gasteiger partial charge is 0.225 e. The molecular weight excluding hydrogens is 400 g/mol. The first-order valence-electron chi connectivity index (χ1n) is 12.3. The van der Waals surface area contributed by atoms with Crippen molar-refractivity contribution in [1.82, 2.24) is 20.2 Å². The molecule has 0 radical (unpaired) electrons. The summed E-state index contributed by atoms with van der Waals surface area (Å²) in [4.78, 5) is 26.2. The second kappa shape index (κ2) is 10.9. The molecule has 7 heteroatoms. The van der Waals surface area contributed by atoms with Gasteiger partial charge in [0.15, 0.2) is 0 Å². The third-order valence-electron chi connectivity index (χ3n) is 6.88. The van der Waals surface area contributed by atoms with Crippen LogP contribution in [-0.4, -0.2) is 67.1 Å². The van der Waals surface area contributed by atoms with Gasteiger partial charge < -0.3 is 20.4 Å². The molecule has 0 unspecified atom stereocenters. The highest BCUT2D eigenvalue weighted by molar-refractivity contribution is 5.90. The minimum Gasteiger partial charge on any atom is -0.362 e. The Labute approximate surface area is 192 Å². The van der Waals surface area contributed by atoms with Crippen molar-refractivity contribution in [3.05, 3.63) is 24.3 Å². The van der Waals surface area contributed by atoms with E-state index in [9.17, 15) is 4.79 Å². The average molecular weight is 439 g/mol. The fourth-order valence-corrected chi connectivity index (χ4v) is 4.95. The highest BCUT2D eigenvalue weighted by Gasteiger charge is 2.23. The van der Waals surface area contributed by atoms with Crippen LogP contribution in [0.4, 0.5) is 11.8 Å². The number of nitrogens with one attached hydrogen (secondary N) is 2. The lowest BCUT2D eigenvalue weighted by Gasteiger charge is -2.30. The Morgan fingerprint density at radius 1 is 1.06 bits per heavy atom. The Bertz CT molecular complexity index is 887. The van der Waals surface area contributed by atoms with E-state index >= 15 is 0 Å². The SMILES string of the molecule is CN(C)c1nc(N[C@H]2CC[C@@H](CNC(=O)CCN3CCCCC3)CC2)nc2ccccc12. The van der Waals surface area contributed by atoms with Crippen LogP contribution in [0.2, 0.25) is 0 Å². The summed E-state index contributed by atoms with van der Waals surface area (Å²) in [6.07, 6.45) is 8.94. The maximum Gasteiger partial charge on any atom is 0.225 e. The number of anilines is 2. The molecule has 7 nitrogen and oxygen atoms in total. The molecule has 0 atom stereocenters. The van der Waals surface area contributed by atoms with Crippen molar-refractivity contribution in [3.63, 3.8) is 0 Å². The van der Waals surface area contributed by atoms with Crippen molar-refractivity contribution in [2.75, 3.05) is 50.5 Å². The second-order valence-corrected chi connectivity index (χ2v) is 9.60. The fraction of sp³-hybridized carbons (Fsp3) is 0.640. The number of hydrogen-bond acceptors (Lipinski definition) is 6. The number of carbonyl (C=O) groups is 1. The maximum atomic E-state index is 12.3. The molecule has 1 saturated carbocycles. The van der Waals surface area contributed by atoms with Crippen molar-refractivity contribution in [2.45, 2.75) is 57.4 Å². The van der Waals surface area contributed by atoms with Gasteiger partial charge in [0.1, 0.15) is 5.82 Å². The number of para-hydroxylation sites is 1. The van der Waals surface area contributed by atoms with E-state index in [4.69, 9.17) is 9.97 Å². The number of benzene rings is 1. The standard InChI is InChI=1S/C25H38N6O/c1-30(2)24-21-8-4-5-9-22(21)28-25(29-24)27-20-12-10-19(11-13-20)18-26-23(32)14-17-31-15-6-3-7-16-31/h4-5,8-9,19-20H,3,6-7,10-18H2,1-2H3,(H,26,32)(H,27,28,29)/t19-,20+. The zero-order valence-electron chi connectivity index (χ0n) is 19.6. The van der Waals surface area contributed by atoms with Gasteiger partial charge in [0.25, 0.3) is 0 Å². The molecule has 32 heavy (non-hydrogen) atoms. The summed E-state index contributed by atoms with van der Waals surface area (Å²) in [7, 11) is 4.04. The molecule has 2 heterocycles. The lowest BCUT2D eigenvalue weighted by atomic mass is 9.86. The van der Waals surface area contributed by atoms with E-state index < -0.39 is 0 Å². The van der Waals surface area contributed by atoms with Gasteiger partial charge in [-0.05, 0) is 69.7 Å². The average Bonchev–Trinajstić information content (AvgIpc) is 2.82. The molecule has 1 aromatic heterocycles. The number of hydrogen-bond donors (Lipinski definition) is 2. The van der Waals surface area contributed by atoms with Crippen LogP contribution < -0.4 is 15.5 Å². The summed E-state index contributed by atoms with van der Waals surface area (Å²) in [5.74, 6) is 2.43. The minimum absolute atomic E-state index is 0.205. The van der Waals surface area contributed by atoms with Gasteiger partial charge in [-0.15, -0.1) is 0 Å². The quantitative estimate of drug-likeness (QED) is 0.655. The van der Waals surface area contributed by atoms with Gasteiger partial charge in [0.05, 0.1) is 5.52 Å². The van der Waals surface area contributed by atoms with Crippen molar-refractivity contribution in [1.29, 1.82) is 0 Å². The number of amides is 1. The van der Waals surface area contributed by atoms with Crippen molar-refractivity contribution >= 4 is 28.6 Å². The lowest BCUT2D eigenvalue weighted by molar-refractivity contribution is -0.121. The van der Waals surface area contributed by atoms with Gasteiger partial charge in [-0.25, -0.2) is 4.98 Å². The Morgan fingerprint density at radius 2 is 1.81 bits per heavy atom. The fourth-order valence-electron chi connectivity index (χ4n) is 4.95. The highest BCUT2D eigenvalue weighted by Crippen LogP contribution is 2.28. The topological polar surface area (TPSA) is 73.4 Å². The summed E-state index contributed by atoms with van der Waals surface area (Å²) < 4.78 is 0. The van der Waals surface area contributed by atoms with E-state index in [0.29, 0.717) is 24.3 Å². The zero-order valence-corrected chi connectivity index (χ0v) is 19.6. The summed E-state index contributed by atoms with van der Waals surface area (Å²) in [5, 5.41) is 7.82. The van der Waals surface area contributed by atoms with Crippen LogP contribution in [0.1, 0.15) is 51.4 Å². The summed E-state index contributed by atoms with van der Waals surface area (Å²) in [5.41, 5.74) is 0.967. The van der Waals surface area contributed by atoms with E-state index in [1.54, 1.807) is 0 Å². The van der Waals surface area contributed by atoms with Gasteiger partial charge in [-0.3, -0.25) is 4.79 Å². The molecule has 1 aliphatic heterocycles. The highest BCUT2D eigenvalue weighted by atomic mass is 16.1. The molecule has 2 aromatic rings. The molecular formula is C25H38N6O. The van der Waals surface area contributed by atoms with E-state index in [2.05, 4.69) is 21.6 Å². The molecule has 1 amide bonds. The van der Waals surface area contributed by atoms with Gasteiger partial charge in [-0.1, -0.05) is 18.6 Å². The van der Waals surface area contributed by atoms with Crippen LogP contribution in [0.25, 0.3) is 10.9 Å². The summed E-state index contributed by atoms with van der Waals surface area (Å²) >= 11 is 0. The molecule has 4 rings (SSSR count). The zero-order chi connectivity index (χ0) is 22.3. The predicted octanol–water partition coefficient (Wildman–Crippen LogP) is 3.66. The number of rotatable bonds is 8. The van der Waals surface area contributed by atoms with Crippen LogP contribution >= 0.6 is 0 Å². The molecule has 1 aromatic carbocycles. The van der Waals surface area contributed by atoms with E-state index in [0.717, 1.165) is 68.6 Å². The second-order valence-electron chi connectivity index (χ2n) is 9.60. The molecule has 0 bridgehead atoms. The number of carbonyl (C=O) groups excluding carboxylic acids is 1. The number of nitrogens with zero attached hydrogens (tertiary/aromatic N) is 4. The molecule has 1 aliphatic carbocycles.